The fraction of sp³-hybridized carbons (Fsp3) is 0.400. The number of rotatable bonds is 8. The summed E-state index contributed by atoms with van der Waals surface area (Å²) < 4.78 is 14.6. The number of carbonyl (C=O) groups is 3. The van der Waals surface area contributed by atoms with Crippen LogP contribution in [-0.2, 0) is 45.2 Å². The van der Waals surface area contributed by atoms with Gasteiger partial charge in [0.1, 0.15) is 11.4 Å². The largest absolute Gasteiger partial charge is 0.468 e. The number of hydrogen-bond acceptors (Lipinski definition) is 12. The Morgan fingerprint density at radius 3 is 1.64 bits per heavy atom. The van der Waals surface area contributed by atoms with Gasteiger partial charge in [0, 0.05) is 52.4 Å². The molecule has 4 rings (SSSR count). The lowest BCUT2D eigenvalue weighted by Gasteiger charge is -2.30. The zero-order valence-corrected chi connectivity index (χ0v) is 24.2. The molecule has 1 aliphatic heterocycles. The average Bonchev–Trinajstić information content (AvgIpc) is 3.01. The molecule has 12 nitrogen and oxygen atoms in total. The Morgan fingerprint density at radius 1 is 0.619 bits per heavy atom. The number of aromatic nitrogens is 3. The van der Waals surface area contributed by atoms with Gasteiger partial charge in [-0.05, 0) is 36.4 Å². The molecule has 1 aliphatic rings. The van der Waals surface area contributed by atoms with Crippen molar-refractivity contribution >= 4 is 17.9 Å². The van der Waals surface area contributed by atoms with Gasteiger partial charge in [-0.25, -0.2) is 19.6 Å². The van der Waals surface area contributed by atoms with Crippen LogP contribution in [0.15, 0.2) is 54.6 Å². The summed E-state index contributed by atoms with van der Waals surface area (Å²) in [5.74, 6) is -1.29. The van der Waals surface area contributed by atoms with Gasteiger partial charge in [0.25, 0.3) is 0 Å². The van der Waals surface area contributed by atoms with E-state index in [4.69, 9.17) is 19.2 Å². The molecule has 4 heterocycles. The second-order valence-electron chi connectivity index (χ2n) is 9.91. The highest BCUT2D eigenvalue weighted by Crippen LogP contribution is 2.14. The van der Waals surface area contributed by atoms with Crippen LogP contribution >= 0.6 is 0 Å². The third kappa shape index (κ3) is 8.87. The van der Waals surface area contributed by atoms with Gasteiger partial charge in [-0.3, -0.25) is 24.5 Å². The molecule has 0 N–H and O–H groups in total. The smallest absolute Gasteiger partial charge is 0.356 e. The highest BCUT2D eigenvalue weighted by molar-refractivity contribution is 5.87. The molecule has 0 aromatic carbocycles. The predicted octanol–water partition coefficient (Wildman–Crippen LogP) is 1.94. The lowest BCUT2D eigenvalue weighted by atomic mass is 10.2. The lowest BCUT2D eigenvalue weighted by molar-refractivity contribution is -0.142. The van der Waals surface area contributed by atoms with E-state index < -0.39 is 11.9 Å². The maximum absolute atomic E-state index is 12.2. The third-order valence-corrected chi connectivity index (χ3v) is 6.85. The highest BCUT2D eigenvalue weighted by atomic mass is 16.5. The van der Waals surface area contributed by atoms with Crippen LogP contribution in [0.3, 0.4) is 0 Å². The van der Waals surface area contributed by atoms with Crippen LogP contribution < -0.4 is 0 Å². The molecule has 42 heavy (non-hydrogen) atoms. The first-order valence-corrected chi connectivity index (χ1v) is 13.6. The van der Waals surface area contributed by atoms with E-state index in [-0.39, 0.29) is 23.9 Å². The van der Waals surface area contributed by atoms with Gasteiger partial charge in [0.05, 0.1) is 50.6 Å². The van der Waals surface area contributed by atoms with Crippen LogP contribution in [0.25, 0.3) is 0 Å². The zero-order valence-electron chi connectivity index (χ0n) is 24.2. The van der Waals surface area contributed by atoms with Crippen molar-refractivity contribution in [3.8, 4) is 0 Å². The molecule has 0 aliphatic carbocycles. The molecule has 3 aromatic rings. The molecule has 222 valence electrons. The van der Waals surface area contributed by atoms with Crippen molar-refractivity contribution in [3.05, 3.63) is 88.8 Å². The van der Waals surface area contributed by atoms with E-state index in [0.717, 1.165) is 22.8 Å². The van der Waals surface area contributed by atoms with Crippen molar-refractivity contribution in [1.82, 2.24) is 29.7 Å². The van der Waals surface area contributed by atoms with Gasteiger partial charge in [-0.15, -0.1) is 0 Å². The van der Waals surface area contributed by atoms with E-state index in [2.05, 4.69) is 19.8 Å². The zero-order chi connectivity index (χ0) is 29.9. The molecule has 0 atom stereocenters. The SMILES string of the molecule is COC(=O)CN1CCN(Cc2cccc(C(=O)OC)n2)CCN(Cc2cccc(C(=O)OC)n2)Cc2cccc(n2)C1. The Bertz CT molecular complexity index is 1390. The van der Waals surface area contributed by atoms with Crippen molar-refractivity contribution in [2.75, 3.05) is 54.1 Å². The summed E-state index contributed by atoms with van der Waals surface area (Å²) in [6.07, 6.45) is 0. The molecular formula is C30H36N6O6. The molecule has 3 aromatic heterocycles. The number of carbonyl (C=O) groups excluding carboxylic acids is 3. The van der Waals surface area contributed by atoms with Crippen LogP contribution in [0.4, 0.5) is 0 Å². The standard InChI is InChI=1S/C30H36N6O6/c1-40-28(37)21-36-16-14-34(17-24-9-5-11-26(32-24)29(38)41-2)13-15-35(18-22-7-4-8-23(19-36)31-22)20-25-10-6-12-27(33-25)30(39)42-3/h4-12H,13-21H2,1-3H3. The molecular weight excluding hydrogens is 540 g/mol. The Labute approximate surface area is 245 Å². The number of hydrogen-bond donors (Lipinski definition) is 0. The van der Waals surface area contributed by atoms with Gasteiger partial charge in [0.2, 0.25) is 0 Å². The highest BCUT2D eigenvalue weighted by Gasteiger charge is 2.20. The van der Waals surface area contributed by atoms with E-state index in [1.54, 1.807) is 24.3 Å². The number of ether oxygens (including phenoxy) is 3. The van der Waals surface area contributed by atoms with Crippen LogP contribution in [0.5, 0.6) is 0 Å². The lowest BCUT2D eigenvalue weighted by Crippen LogP contribution is -2.41. The minimum Gasteiger partial charge on any atom is -0.468 e. The molecule has 0 spiro atoms. The Balaban J connectivity index is 1.61. The van der Waals surface area contributed by atoms with Crippen molar-refractivity contribution in [3.63, 3.8) is 0 Å². The average molecular weight is 577 g/mol. The maximum atomic E-state index is 12.2. The Kier molecular flexibility index (Phi) is 11.0. The molecule has 0 unspecified atom stereocenters. The summed E-state index contributed by atoms with van der Waals surface area (Å²) in [5, 5.41) is 0. The predicted molar refractivity (Wildman–Crippen MR) is 152 cm³/mol. The number of fused-ring (bicyclic) bond motifs is 2. The molecule has 12 heteroatoms. The summed E-state index contributed by atoms with van der Waals surface area (Å²) in [5.41, 5.74) is 3.71. The summed E-state index contributed by atoms with van der Waals surface area (Å²) in [7, 11) is 4.05. The fourth-order valence-corrected chi connectivity index (χ4v) is 4.70. The van der Waals surface area contributed by atoms with Gasteiger partial charge in [-0.2, -0.15) is 0 Å². The second kappa shape index (κ2) is 15.1. The number of nitrogens with zero attached hydrogens (tertiary/aromatic N) is 6. The Hall–Kier alpha value is -4.26. The van der Waals surface area contributed by atoms with E-state index in [9.17, 15) is 14.4 Å². The quantitative estimate of drug-likeness (QED) is 0.287. The summed E-state index contributed by atoms with van der Waals surface area (Å²) in [6.45, 7) is 4.69. The van der Waals surface area contributed by atoms with Crippen LogP contribution in [0, 0.1) is 0 Å². The number of pyridine rings is 3. The summed E-state index contributed by atoms with van der Waals surface area (Å²) >= 11 is 0. The first-order chi connectivity index (χ1) is 20.4. The van der Waals surface area contributed by atoms with E-state index >= 15 is 0 Å². The minimum atomic E-state index is -0.490. The third-order valence-electron chi connectivity index (χ3n) is 6.85. The van der Waals surface area contributed by atoms with Crippen LogP contribution in [-0.4, -0.2) is 102 Å². The van der Waals surface area contributed by atoms with Crippen molar-refractivity contribution in [1.29, 1.82) is 0 Å². The van der Waals surface area contributed by atoms with E-state index in [1.165, 1.54) is 21.3 Å². The summed E-state index contributed by atoms with van der Waals surface area (Å²) in [6, 6.07) is 16.5. The van der Waals surface area contributed by atoms with Crippen molar-refractivity contribution in [2.45, 2.75) is 26.2 Å². The topological polar surface area (TPSA) is 127 Å². The number of esters is 3. The van der Waals surface area contributed by atoms with Gasteiger partial charge in [0.15, 0.2) is 0 Å². The second-order valence-corrected chi connectivity index (χ2v) is 9.91. The van der Waals surface area contributed by atoms with Crippen molar-refractivity contribution < 1.29 is 28.6 Å². The number of methoxy groups -OCH3 is 3. The van der Waals surface area contributed by atoms with Gasteiger partial charge in [-0.1, -0.05) is 18.2 Å². The van der Waals surface area contributed by atoms with E-state index in [0.29, 0.717) is 52.4 Å². The van der Waals surface area contributed by atoms with Crippen LogP contribution in [0.1, 0.15) is 43.8 Å². The minimum absolute atomic E-state index is 0.140. The fourth-order valence-electron chi connectivity index (χ4n) is 4.70. The monoisotopic (exact) mass is 576 g/mol. The molecule has 0 fully saturated rings. The molecule has 2 bridgehead atoms. The first-order valence-electron chi connectivity index (χ1n) is 13.6. The maximum Gasteiger partial charge on any atom is 0.356 e. The summed E-state index contributed by atoms with van der Waals surface area (Å²) in [4.78, 5) is 56.7. The Morgan fingerprint density at radius 2 is 1.10 bits per heavy atom. The van der Waals surface area contributed by atoms with Crippen molar-refractivity contribution in [2.24, 2.45) is 0 Å². The van der Waals surface area contributed by atoms with Gasteiger partial charge < -0.3 is 14.2 Å². The first kappa shape index (κ1) is 30.7. The normalized spacial score (nSPS) is 15.2. The van der Waals surface area contributed by atoms with E-state index in [1.807, 2.05) is 35.2 Å². The molecule has 0 saturated carbocycles. The molecule has 0 amide bonds. The van der Waals surface area contributed by atoms with Crippen LogP contribution in [0.2, 0.25) is 0 Å². The molecule has 0 saturated heterocycles. The van der Waals surface area contributed by atoms with Gasteiger partial charge >= 0.3 is 17.9 Å². The molecule has 0 radical (unpaired) electrons.